The van der Waals surface area contributed by atoms with Crippen molar-refractivity contribution in [2.45, 2.75) is 19.9 Å². The Hall–Kier alpha value is -1.07. The average Bonchev–Trinajstić information content (AvgIpc) is 2.55. The Morgan fingerprint density at radius 1 is 1.53 bits per heavy atom. The third kappa shape index (κ3) is 3.44. The summed E-state index contributed by atoms with van der Waals surface area (Å²) in [4.78, 5) is 12.9. The van der Waals surface area contributed by atoms with Crippen LogP contribution in [0.5, 0.6) is 0 Å². The fourth-order valence-electron chi connectivity index (χ4n) is 1.46. The first-order valence-corrected chi connectivity index (χ1v) is 5.96. The van der Waals surface area contributed by atoms with Crippen LogP contribution in [0.1, 0.15) is 18.3 Å². The van der Waals surface area contributed by atoms with Crippen LogP contribution >= 0.6 is 11.6 Å². The third-order valence-electron chi connectivity index (χ3n) is 2.57. The number of amides is 1. The number of hydrogen-bond donors (Lipinski definition) is 1. The van der Waals surface area contributed by atoms with Crippen LogP contribution in [0.4, 0.5) is 0 Å². The molecule has 0 radical (unpaired) electrons. The summed E-state index contributed by atoms with van der Waals surface area (Å²) in [6, 6.07) is 0. The number of nitrogens with one attached hydrogen (secondary N) is 1. The van der Waals surface area contributed by atoms with Gasteiger partial charge >= 0.3 is 0 Å². The lowest BCUT2D eigenvalue weighted by Gasteiger charge is -2.11. The van der Waals surface area contributed by atoms with Crippen LogP contribution in [0.3, 0.4) is 0 Å². The molecular weight excluding hydrogens is 240 g/mol. The van der Waals surface area contributed by atoms with Gasteiger partial charge in [0.2, 0.25) is 5.91 Å². The predicted molar refractivity (Wildman–Crippen MR) is 68.0 cm³/mol. The zero-order chi connectivity index (χ0) is 13.0. The molecule has 0 saturated carbocycles. The number of rotatable bonds is 5. The van der Waals surface area contributed by atoms with Crippen molar-refractivity contribution < 1.29 is 4.79 Å². The van der Waals surface area contributed by atoms with Gasteiger partial charge in [0.25, 0.3) is 0 Å². The van der Waals surface area contributed by atoms with Crippen LogP contribution in [0.15, 0.2) is 0 Å². The van der Waals surface area contributed by atoms with Gasteiger partial charge in [0.1, 0.15) is 0 Å². The van der Waals surface area contributed by atoms with Crippen LogP contribution in [0.25, 0.3) is 0 Å². The molecule has 1 N–H and O–H groups in total. The second-order valence-corrected chi connectivity index (χ2v) is 4.45. The topological polar surface area (TPSA) is 50.2 Å². The van der Waals surface area contributed by atoms with Gasteiger partial charge in [-0.15, -0.1) is 0 Å². The van der Waals surface area contributed by atoms with Gasteiger partial charge in [0, 0.05) is 27.7 Å². The molecule has 6 heteroatoms. The van der Waals surface area contributed by atoms with Crippen LogP contribution in [0, 0.1) is 0 Å². The first-order valence-electron chi connectivity index (χ1n) is 5.58. The van der Waals surface area contributed by atoms with Crippen LogP contribution < -0.4 is 5.32 Å². The maximum atomic E-state index is 11.4. The summed E-state index contributed by atoms with van der Waals surface area (Å²) < 4.78 is 1.76. The van der Waals surface area contributed by atoms with Gasteiger partial charge in [-0.05, 0) is 6.42 Å². The lowest BCUT2D eigenvalue weighted by molar-refractivity contribution is -0.127. The van der Waals surface area contributed by atoms with Crippen molar-refractivity contribution in [3.8, 4) is 0 Å². The first kappa shape index (κ1) is 14.0. The molecule has 0 aliphatic rings. The second kappa shape index (κ2) is 6.02. The first-order chi connectivity index (χ1) is 7.97. The van der Waals surface area contributed by atoms with E-state index < -0.39 is 0 Å². The molecule has 1 rings (SSSR count). The fraction of sp³-hybridized carbons (Fsp3) is 0.636. The number of hydrogen-bond acceptors (Lipinski definition) is 3. The van der Waals surface area contributed by atoms with Crippen molar-refractivity contribution in [2.75, 3.05) is 20.6 Å². The number of aromatic nitrogens is 2. The summed E-state index contributed by atoms with van der Waals surface area (Å²) in [5.74, 6) is 0.0407. The Bertz CT molecular complexity index is 400. The van der Waals surface area contributed by atoms with E-state index in [1.165, 1.54) is 0 Å². The van der Waals surface area contributed by atoms with E-state index in [4.69, 9.17) is 11.6 Å². The summed E-state index contributed by atoms with van der Waals surface area (Å²) in [6.45, 7) is 2.86. The molecule has 0 aliphatic heterocycles. The third-order valence-corrected chi connectivity index (χ3v) is 3.01. The van der Waals surface area contributed by atoms with Crippen molar-refractivity contribution >= 4 is 17.5 Å². The maximum Gasteiger partial charge on any atom is 0.236 e. The highest BCUT2D eigenvalue weighted by Gasteiger charge is 2.13. The Balaban J connectivity index is 2.58. The van der Waals surface area contributed by atoms with Crippen LogP contribution in [0.2, 0.25) is 5.02 Å². The molecular formula is C11H19ClN4O. The smallest absolute Gasteiger partial charge is 0.236 e. The Morgan fingerprint density at radius 2 is 2.18 bits per heavy atom. The van der Waals surface area contributed by atoms with E-state index in [9.17, 15) is 4.79 Å². The minimum absolute atomic E-state index is 0.0407. The van der Waals surface area contributed by atoms with Gasteiger partial charge in [0.05, 0.1) is 23.0 Å². The van der Waals surface area contributed by atoms with Crippen molar-refractivity contribution in [3.05, 3.63) is 16.4 Å². The van der Waals surface area contributed by atoms with Crippen molar-refractivity contribution in [1.29, 1.82) is 0 Å². The molecule has 0 fully saturated rings. The number of carbonyl (C=O) groups excluding carboxylic acids is 1. The normalized spacial score (nSPS) is 10.6. The molecule has 17 heavy (non-hydrogen) atoms. The van der Waals surface area contributed by atoms with E-state index in [-0.39, 0.29) is 5.91 Å². The van der Waals surface area contributed by atoms with Gasteiger partial charge in [-0.3, -0.25) is 9.48 Å². The largest absolute Gasteiger partial charge is 0.348 e. The van der Waals surface area contributed by atoms with Crippen molar-refractivity contribution in [3.63, 3.8) is 0 Å². The summed E-state index contributed by atoms with van der Waals surface area (Å²) >= 11 is 6.19. The molecule has 1 aromatic heterocycles. The molecule has 0 unspecified atom stereocenters. The predicted octanol–water partition coefficient (Wildman–Crippen LogP) is 0.814. The molecule has 5 nitrogen and oxygen atoms in total. The molecule has 0 saturated heterocycles. The number of likely N-dealkylation sites (N-methyl/N-ethyl adjacent to an activating group) is 1. The zero-order valence-electron chi connectivity index (χ0n) is 10.7. The molecule has 1 heterocycles. The number of aryl methyl sites for hydroxylation is 2. The monoisotopic (exact) mass is 258 g/mol. The van der Waals surface area contributed by atoms with E-state index in [0.29, 0.717) is 18.1 Å². The number of nitrogens with zero attached hydrogens (tertiary/aromatic N) is 3. The lowest BCUT2D eigenvalue weighted by Crippen LogP contribution is -2.33. The average molecular weight is 259 g/mol. The standard InChI is InChI=1S/C11H19ClN4O/c1-5-8-11(12)9(16(4)14-8)6-13-7-10(17)15(2)3/h13H,5-7H2,1-4H3. The van der Waals surface area contributed by atoms with E-state index in [1.807, 2.05) is 14.0 Å². The Labute approximate surface area is 107 Å². The SMILES string of the molecule is CCc1nn(C)c(CNCC(=O)N(C)C)c1Cl. The fourth-order valence-corrected chi connectivity index (χ4v) is 1.82. The molecule has 1 amide bonds. The molecule has 0 aliphatic carbocycles. The lowest BCUT2D eigenvalue weighted by atomic mass is 10.3. The molecule has 0 aromatic carbocycles. The number of halogens is 1. The van der Waals surface area contributed by atoms with E-state index >= 15 is 0 Å². The van der Waals surface area contributed by atoms with Crippen molar-refractivity contribution in [2.24, 2.45) is 7.05 Å². The highest BCUT2D eigenvalue weighted by molar-refractivity contribution is 6.31. The van der Waals surface area contributed by atoms with Crippen molar-refractivity contribution in [1.82, 2.24) is 20.0 Å². The molecule has 0 bridgehead atoms. The summed E-state index contributed by atoms with van der Waals surface area (Å²) in [7, 11) is 5.32. The molecule has 1 aromatic rings. The van der Waals surface area contributed by atoms with Gasteiger partial charge in [-0.2, -0.15) is 5.10 Å². The molecule has 96 valence electrons. The van der Waals surface area contributed by atoms with Gasteiger partial charge < -0.3 is 10.2 Å². The summed E-state index contributed by atoms with van der Waals surface area (Å²) in [6.07, 6.45) is 0.809. The summed E-state index contributed by atoms with van der Waals surface area (Å²) in [5.41, 5.74) is 1.81. The van der Waals surface area contributed by atoms with E-state index in [0.717, 1.165) is 17.8 Å². The molecule has 0 atom stereocenters. The minimum Gasteiger partial charge on any atom is -0.348 e. The maximum absolute atomic E-state index is 11.4. The second-order valence-electron chi connectivity index (χ2n) is 4.08. The van der Waals surface area contributed by atoms with Gasteiger partial charge in [-0.25, -0.2) is 0 Å². The minimum atomic E-state index is 0.0407. The Morgan fingerprint density at radius 3 is 2.65 bits per heavy atom. The Kier molecular flexibility index (Phi) is 4.96. The van der Waals surface area contributed by atoms with Crippen LogP contribution in [-0.4, -0.2) is 41.2 Å². The summed E-state index contributed by atoms with van der Waals surface area (Å²) in [5, 5.41) is 8.07. The number of carbonyl (C=O) groups is 1. The quantitative estimate of drug-likeness (QED) is 0.851. The van der Waals surface area contributed by atoms with E-state index in [2.05, 4.69) is 10.4 Å². The van der Waals surface area contributed by atoms with Gasteiger partial charge in [-0.1, -0.05) is 18.5 Å². The van der Waals surface area contributed by atoms with E-state index in [1.54, 1.807) is 23.7 Å². The van der Waals surface area contributed by atoms with Gasteiger partial charge in [0.15, 0.2) is 0 Å². The highest BCUT2D eigenvalue weighted by Crippen LogP contribution is 2.20. The molecule has 0 spiro atoms. The van der Waals surface area contributed by atoms with Crippen LogP contribution in [-0.2, 0) is 24.8 Å². The zero-order valence-corrected chi connectivity index (χ0v) is 11.5. The highest BCUT2D eigenvalue weighted by atomic mass is 35.5.